The first-order valence-corrected chi connectivity index (χ1v) is 10.5. The second-order valence-electron chi connectivity index (χ2n) is 7.43. The molecule has 0 aliphatic heterocycles. The van der Waals surface area contributed by atoms with Gasteiger partial charge < -0.3 is 14.4 Å². The second kappa shape index (κ2) is 10.9. The first-order valence-electron chi connectivity index (χ1n) is 10.1. The monoisotopic (exact) mass is 453 g/mol. The fourth-order valence-corrected chi connectivity index (χ4v) is 3.32. The number of allylic oxidation sites excluding steroid dienone is 1. The van der Waals surface area contributed by atoms with Crippen molar-refractivity contribution in [2.75, 3.05) is 34.4 Å². The van der Waals surface area contributed by atoms with Crippen molar-refractivity contribution < 1.29 is 18.7 Å². The van der Waals surface area contributed by atoms with Crippen molar-refractivity contribution in [2.45, 2.75) is 0 Å². The molecule has 4 nitrogen and oxygen atoms in total. The highest BCUT2D eigenvalue weighted by Crippen LogP contribution is 2.32. The standard InChI is InChI=1S/C26H25ClFNO3/c1-29(2)14-15-32-26-13-10-19(21-6-4-5-7-23(21)27)16-22(26)25(30)12-9-18-8-11-20(31-3)17-24(18)28/h4-13,16-17H,14-15H2,1-3H3/b12-9+. The highest BCUT2D eigenvalue weighted by atomic mass is 35.5. The third kappa shape index (κ3) is 5.96. The quantitative estimate of drug-likeness (QED) is 0.294. The number of nitrogens with zero attached hydrogens (tertiary/aromatic N) is 1. The van der Waals surface area contributed by atoms with E-state index in [1.54, 1.807) is 30.3 Å². The maximum absolute atomic E-state index is 14.3. The lowest BCUT2D eigenvalue weighted by Crippen LogP contribution is -2.20. The Hall–Kier alpha value is -3.15. The van der Waals surface area contributed by atoms with Gasteiger partial charge in [-0.15, -0.1) is 0 Å². The average Bonchev–Trinajstić information content (AvgIpc) is 2.78. The van der Waals surface area contributed by atoms with E-state index >= 15 is 0 Å². The number of methoxy groups -OCH3 is 1. The van der Waals surface area contributed by atoms with Gasteiger partial charge >= 0.3 is 0 Å². The molecule has 0 spiro atoms. The van der Waals surface area contributed by atoms with Crippen LogP contribution in [0, 0.1) is 5.82 Å². The minimum Gasteiger partial charge on any atom is -0.497 e. The van der Waals surface area contributed by atoms with Crippen molar-refractivity contribution in [3.63, 3.8) is 0 Å². The zero-order valence-corrected chi connectivity index (χ0v) is 19.0. The molecule has 0 aromatic heterocycles. The summed E-state index contributed by atoms with van der Waals surface area (Å²) in [6.45, 7) is 1.13. The molecule has 0 fully saturated rings. The lowest BCUT2D eigenvalue weighted by molar-refractivity contribution is 0.104. The van der Waals surface area contributed by atoms with Crippen LogP contribution in [0.5, 0.6) is 11.5 Å². The van der Waals surface area contributed by atoms with E-state index in [1.165, 1.54) is 25.3 Å². The summed E-state index contributed by atoms with van der Waals surface area (Å²) < 4.78 is 25.1. The number of carbonyl (C=O) groups excluding carboxylic acids is 1. The normalized spacial score (nSPS) is 11.2. The van der Waals surface area contributed by atoms with Crippen LogP contribution in [0.4, 0.5) is 4.39 Å². The Bertz CT molecular complexity index is 1130. The van der Waals surface area contributed by atoms with Crippen molar-refractivity contribution in [2.24, 2.45) is 0 Å². The number of hydrogen-bond acceptors (Lipinski definition) is 4. The summed E-state index contributed by atoms with van der Waals surface area (Å²) in [6, 6.07) is 17.3. The minimum absolute atomic E-state index is 0.288. The second-order valence-corrected chi connectivity index (χ2v) is 7.83. The maximum Gasteiger partial charge on any atom is 0.189 e. The van der Waals surface area contributed by atoms with Gasteiger partial charge in [-0.1, -0.05) is 35.9 Å². The van der Waals surface area contributed by atoms with Crippen LogP contribution in [-0.2, 0) is 0 Å². The third-order valence-corrected chi connectivity index (χ3v) is 5.18. The first kappa shape index (κ1) is 23.5. The van der Waals surface area contributed by atoms with E-state index in [0.29, 0.717) is 35.2 Å². The molecule has 0 saturated carbocycles. The summed E-state index contributed by atoms with van der Waals surface area (Å²) >= 11 is 6.34. The van der Waals surface area contributed by atoms with Gasteiger partial charge in [-0.2, -0.15) is 0 Å². The Balaban J connectivity index is 1.94. The number of rotatable bonds is 9. The largest absolute Gasteiger partial charge is 0.497 e. The van der Waals surface area contributed by atoms with Crippen molar-refractivity contribution in [3.05, 3.63) is 88.7 Å². The predicted molar refractivity (Wildman–Crippen MR) is 127 cm³/mol. The van der Waals surface area contributed by atoms with Crippen molar-refractivity contribution in [3.8, 4) is 22.6 Å². The van der Waals surface area contributed by atoms with E-state index in [2.05, 4.69) is 0 Å². The Morgan fingerprint density at radius 2 is 1.88 bits per heavy atom. The molecule has 0 unspecified atom stereocenters. The van der Waals surface area contributed by atoms with Gasteiger partial charge in [-0.3, -0.25) is 4.79 Å². The Morgan fingerprint density at radius 3 is 2.56 bits per heavy atom. The molecule has 32 heavy (non-hydrogen) atoms. The summed E-state index contributed by atoms with van der Waals surface area (Å²) in [5.41, 5.74) is 2.28. The van der Waals surface area contributed by atoms with Crippen LogP contribution in [0.25, 0.3) is 17.2 Å². The van der Waals surface area contributed by atoms with Gasteiger partial charge in [0, 0.05) is 28.8 Å². The summed E-state index contributed by atoms with van der Waals surface area (Å²) in [6.07, 6.45) is 2.79. The van der Waals surface area contributed by atoms with Gasteiger partial charge in [0.25, 0.3) is 0 Å². The zero-order valence-electron chi connectivity index (χ0n) is 18.3. The summed E-state index contributed by atoms with van der Waals surface area (Å²) in [4.78, 5) is 15.1. The van der Waals surface area contributed by atoms with Crippen LogP contribution < -0.4 is 9.47 Å². The van der Waals surface area contributed by atoms with E-state index in [-0.39, 0.29) is 11.3 Å². The number of benzene rings is 3. The van der Waals surface area contributed by atoms with E-state index < -0.39 is 5.82 Å². The minimum atomic E-state index is -0.472. The molecule has 3 aromatic carbocycles. The molecule has 0 N–H and O–H groups in total. The summed E-state index contributed by atoms with van der Waals surface area (Å²) in [5.74, 6) is 0.108. The van der Waals surface area contributed by atoms with Crippen LogP contribution in [0.15, 0.2) is 66.7 Å². The van der Waals surface area contributed by atoms with Crippen LogP contribution in [0.3, 0.4) is 0 Å². The highest BCUT2D eigenvalue weighted by molar-refractivity contribution is 6.33. The molecule has 3 rings (SSSR count). The van der Waals surface area contributed by atoms with Gasteiger partial charge in [0.05, 0.1) is 12.7 Å². The highest BCUT2D eigenvalue weighted by Gasteiger charge is 2.14. The van der Waals surface area contributed by atoms with E-state index in [1.807, 2.05) is 43.3 Å². The van der Waals surface area contributed by atoms with Crippen LogP contribution in [0.2, 0.25) is 5.02 Å². The molecule has 0 saturated heterocycles. The topological polar surface area (TPSA) is 38.8 Å². The fraction of sp³-hybridized carbons (Fsp3) is 0.192. The number of hydrogen-bond donors (Lipinski definition) is 0. The SMILES string of the molecule is COc1ccc(/C=C/C(=O)c2cc(-c3ccccc3Cl)ccc2OCCN(C)C)c(F)c1. The maximum atomic E-state index is 14.3. The van der Waals surface area contributed by atoms with Gasteiger partial charge in [0.1, 0.15) is 23.9 Å². The van der Waals surface area contributed by atoms with Crippen LogP contribution in [0.1, 0.15) is 15.9 Å². The van der Waals surface area contributed by atoms with Gasteiger partial charge in [-0.25, -0.2) is 4.39 Å². The molecule has 3 aromatic rings. The average molecular weight is 454 g/mol. The van der Waals surface area contributed by atoms with Gasteiger partial charge in [0.15, 0.2) is 5.78 Å². The van der Waals surface area contributed by atoms with Crippen LogP contribution >= 0.6 is 11.6 Å². The molecule has 0 radical (unpaired) electrons. The Kier molecular flexibility index (Phi) is 8.03. The predicted octanol–water partition coefficient (Wildman–Crippen LogP) is 5.99. The van der Waals surface area contributed by atoms with E-state index in [9.17, 15) is 9.18 Å². The lowest BCUT2D eigenvalue weighted by Gasteiger charge is -2.14. The van der Waals surface area contributed by atoms with Crippen molar-refractivity contribution in [1.29, 1.82) is 0 Å². The Labute approximate surface area is 192 Å². The molecule has 0 amide bonds. The van der Waals surface area contributed by atoms with Gasteiger partial charge in [-0.05, 0) is 62.1 Å². The molecular formula is C26H25ClFNO3. The smallest absolute Gasteiger partial charge is 0.189 e. The summed E-state index contributed by atoms with van der Waals surface area (Å²) in [5, 5.41) is 0.586. The molecular weight excluding hydrogens is 429 g/mol. The number of ketones is 1. The van der Waals surface area contributed by atoms with Crippen molar-refractivity contribution >= 4 is 23.5 Å². The first-order chi connectivity index (χ1) is 15.4. The van der Waals surface area contributed by atoms with Crippen LogP contribution in [-0.4, -0.2) is 45.0 Å². The van der Waals surface area contributed by atoms with E-state index in [4.69, 9.17) is 21.1 Å². The van der Waals surface area contributed by atoms with Gasteiger partial charge in [0.2, 0.25) is 0 Å². The molecule has 0 atom stereocenters. The fourth-order valence-electron chi connectivity index (χ4n) is 3.07. The molecule has 166 valence electrons. The molecule has 0 bridgehead atoms. The van der Waals surface area contributed by atoms with E-state index in [0.717, 1.165) is 11.1 Å². The third-order valence-electron chi connectivity index (χ3n) is 4.85. The lowest BCUT2D eigenvalue weighted by atomic mass is 9.99. The molecule has 0 heterocycles. The number of carbonyl (C=O) groups is 1. The number of ether oxygens (including phenoxy) is 2. The molecule has 0 aliphatic carbocycles. The molecule has 0 aliphatic rings. The molecule has 6 heteroatoms. The van der Waals surface area contributed by atoms with Crippen molar-refractivity contribution in [1.82, 2.24) is 4.90 Å². The number of likely N-dealkylation sites (N-methyl/N-ethyl adjacent to an activating group) is 1. The zero-order chi connectivity index (χ0) is 23.1. The summed E-state index contributed by atoms with van der Waals surface area (Å²) in [7, 11) is 5.36. The Morgan fingerprint density at radius 1 is 1.09 bits per heavy atom. The number of halogens is 2.